The second kappa shape index (κ2) is 8.12. The smallest absolute Gasteiger partial charge is 0.237 e. The highest BCUT2D eigenvalue weighted by atomic mass is 32.2. The SMILES string of the molecule is O=C(NCC1CCCN(S(=O)(=O)CC2CCOC2)C1)C1CCCN1. The molecule has 0 aromatic rings. The third-order valence-corrected chi connectivity index (χ3v) is 7.30. The molecule has 0 aliphatic carbocycles. The zero-order valence-corrected chi connectivity index (χ0v) is 15.0. The first-order valence-electron chi connectivity index (χ1n) is 9.11. The average molecular weight is 359 g/mol. The lowest BCUT2D eigenvalue weighted by molar-refractivity contribution is -0.123. The van der Waals surface area contributed by atoms with Gasteiger partial charge in [0.1, 0.15) is 0 Å². The Labute approximate surface area is 144 Å². The van der Waals surface area contributed by atoms with E-state index in [9.17, 15) is 13.2 Å². The number of hydrogen-bond donors (Lipinski definition) is 2. The Balaban J connectivity index is 1.47. The van der Waals surface area contributed by atoms with Gasteiger partial charge in [0, 0.05) is 26.2 Å². The second-order valence-electron chi connectivity index (χ2n) is 7.27. The first kappa shape index (κ1) is 18.1. The molecule has 3 aliphatic rings. The van der Waals surface area contributed by atoms with Gasteiger partial charge >= 0.3 is 0 Å². The fourth-order valence-corrected chi connectivity index (χ4v) is 5.76. The molecule has 138 valence electrons. The molecule has 2 N–H and O–H groups in total. The van der Waals surface area contributed by atoms with E-state index in [1.54, 1.807) is 4.31 Å². The van der Waals surface area contributed by atoms with Gasteiger partial charge in [-0.2, -0.15) is 0 Å². The predicted molar refractivity (Wildman–Crippen MR) is 91.0 cm³/mol. The van der Waals surface area contributed by atoms with Crippen molar-refractivity contribution in [3.05, 3.63) is 0 Å². The predicted octanol–water partition coefficient (Wildman–Crippen LogP) is -0.0671. The van der Waals surface area contributed by atoms with Crippen LogP contribution in [0.5, 0.6) is 0 Å². The van der Waals surface area contributed by atoms with Gasteiger partial charge in [0.05, 0.1) is 18.4 Å². The molecule has 0 saturated carbocycles. The molecule has 7 nitrogen and oxygen atoms in total. The number of ether oxygens (including phenoxy) is 1. The van der Waals surface area contributed by atoms with E-state index in [0.29, 0.717) is 32.8 Å². The molecular weight excluding hydrogens is 330 g/mol. The van der Waals surface area contributed by atoms with Crippen LogP contribution in [0.15, 0.2) is 0 Å². The van der Waals surface area contributed by atoms with Crippen LogP contribution in [-0.2, 0) is 19.6 Å². The summed E-state index contributed by atoms with van der Waals surface area (Å²) in [6.45, 7) is 3.82. The summed E-state index contributed by atoms with van der Waals surface area (Å²) in [5.41, 5.74) is 0. The number of sulfonamides is 1. The lowest BCUT2D eigenvalue weighted by Crippen LogP contribution is -2.47. The first-order chi connectivity index (χ1) is 11.5. The van der Waals surface area contributed by atoms with Gasteiger partial charge in [-0.1, -0.05) is 0 Å². The van der Waals surface area contributed by atoms with Gasteiger partial charge in [0.15, 0.2) is 0 Å². The van der Waals surface area contributed by atoms with Gasteiger partial charge in [-0.3, -0.25) is 4.79 Å². The molecule has 3 unspecified atom stereocenters. The van der Waals surface area contributed by atoms with Crippen molar-refractivity contribution in [3.63, 3.8) is 0 Å². The maximum atomic E-state index is 12.6. The monoisotopic (exact) mass is 359 g/mol. The summed E-state index contributed by atoms with van der Waals surface area (Å²) in [6.07, 6.45) is 4.60. The third-order valence-electron chi connectivity index (χ3n) is 5.29. The van der Waals surface area contributed by atoms with Crippen molar-refractivity contribution in [2.24, 2.45) is 11.8 Å². The van der Waals surface area contributed by atoms with Gasteiger partial charge in [-0.25, -0.2) is 12.7 Å². The first-order valence-corrected chi connectivity index (χ1v) is 10.7. The number of nitrogens with zero attached hydrogens (tertiary/aromatic N) is 1. The molecule has 0 aromatic heterocycles. The van der Waals surface area contributed by atoms with Crippen LogP contribution in [0.3, 0.4) is 0 Å². The van der Waals surface area contributed by atoms with E-state index in [0.717, 1.165) is 38.6 Å². The molecule has 0 bridgehead atoms. The number of nitrogens with one attached hydrogen (secondary N) is 2. The highest BCUT2D eigenvalue weighted by molar-refractivity contribution is 7.89. The molecule has 8 heteroatoms. The standard InChI is InChI=1S/C16H29N3O4S/c20-16(15-4-1-6-17-15)18-9-13-3-2-7-19(10-13)24(21,22)12-14-5-8-23-11-14/h13-15,17H,1-12H2,(H,18,20). The van der Waals surface area contributed by atoms with Crippen LogP contribution >= 0.6 is 0 Å². The zero-order chi connectivity index (χ0) is 17.0. The summed E-state index contributed by atoms with van der Waals surface area (Å²) in [5, 5.41) is 6.18. The maximum absolute atomic E-state index is 12.6. The van der Waals surface area contributed by atoms with Crippen LogP contribution in [0.1, 0.15) is 32.1 Å². The molecule has 3 fully saturated rings. The number of piperidine rings is 1. The molecule has 24 heavy (non-hydrogen) atoms. The average Bonchev–Trinajstić information content (AvgIpc) is 3.26. The van der Waals surface area contributed by atoms with Crippen molar-refractivity contribution in [3.8, 4) is 0 Å². The number of carbonyl (C=O) groups excluding carboxylic acids is 1. The summed E-state index contributed by atoms with van der Waals surface area (Å²) in [6, 6.07) is -0.0733. The summed E-state index contributed by atoms with van der Waals surface area (Å²) < 4.78 is 32.1. The van der Waals surface area contributed by atoms with Gasteiger partial charge in [0.25, 0.3) is 0 Å². The molecule has 0 spiro atoms. The zero-order valence-electron chi connectivity index (χ0n) is 14.2. The summed E-state index contributed by atoms with van der Waals surface area (Å²) in [7, 11) is -3.23. The highest BCUT2D eigenvalue weighted by Crippen LogP contribution is 2.22. The quantitative estimate of drug-likeness (QED) is 0.693. The Morgan fingerprint density at radius 1 is 1.21 bits per heavy atom. The minimum atomic E-state index is -3.23. The lowest BCUT2D eigenvalue weighted by Gasteiger charge is -2.32. The Bertz CT molecular complexity index is 527. The largest absolute Gasteiger partial charge is 0.381 e. The van der Waals surface area contributed by atoms with Crippen molar-refractivity contribution in [2.75, 3.05) is 45.1 Å². The second-order valence-corrected chi connectivity index (χ2v) is 9.28. The van der Waals surface area contributed by atoms with E-state index in [4.69, 9.17) is 4.74 Å². The van der Waals surface area contributed by atoms with E-state index in [1.165, 1.54) is 0 Å². The van der Waals surface area contributed by atoms with Gasteiger partial charge in [0.2, 0.25) is 15.9 Å². The minimum absolute atomic E-state index is 0.0515. The van der Waals surface area contributed by atoms with E-state index in [1.807, 2.05) is 0 Å². The Morgan fingerprint density at radius 3 is 2.79 bits per heavy atom. The number of hydrogen-bond acceptors (Lipinski definition) is 5. The normalized spacial score (nSPS) is 32.1. The maximum Gasteiger partial charge on any atom is 0.237 e. The van der Waals surface area contributed by atoms with Crippen molar-refractivity contribution in [1.29, 1.82) is 0 Å². The number of carbonyl (C=O) groups is 1. The fourth-order valence-electron chi connectivity index (χ4n) is 3.84. The topological polar surface area (TPSA) is 87.7 Å². The molecular formula is C16H29N3O4S. The molecule has 3 heterocycles. The Kier molecular flexibility index (Phi) is 6.12. The van der Waals surface area contributed by atoms with Crippen LogP contribution in [0.2, 0.25) is 0 Å². The van der Waals surface area contributed by atoms with Crippen LogP contribution in [0.4, 0.5) is 0 Å². The van der Waals surface area contributed by atoms with Gasteiger partial charge in [-0.15, -0.1) is 0 Å². The summed E-state index contributed by atoms with van der Waals surface area (Å²) in [4.78, 5) is 12.1. The number of amides is 1. The third kappa shape index (κ3) is 4.68. The Morgan fingerprint density at radius 2 is 2.08 bits per heavy atom. The molecule has 1 amide bonds. The van der Waals surface area contributed by atoms with E-state index >= 15 is 0 Å². The molecule has 3 aliphatic heterocycles. The van der Waals surface area contributed by atoms with Crippen LogP contribution < -0.4 is 10.6 Å². The summed E-state index contributed by atoms with van der Waals surface area (Å²) in [5.74, 6) is 0.579. The lowest BCUT2D eigenvalue weighted by atomic mass is 9.99. The van der Waals surface area contributed by atoms with Crippen LogP contribution in [-0.4, -0.2) is 69.8 Å². The van der Waals surface area contributed by atoms with Crippen molar-refractivity contribution < 1.29 is 17.9 Å². The van der Waals surface area contributed by atoms with Crippen molar-refractivity contribution in [1.82, 2.24) is 14.9 Å². The van der Waals surface area contributed by atoms with Gasteiger partial charge < -0.3 is 15.4 Å². The van der Waals surface area contributed by atoms with E-state index in [2.05, 4.69) is 10.6 Å². The minimum Gasteiger partial charge on any atom is -0.381 e. The van der Waals surface area contributed by atoms with Crippen molar-refractivity contribution >= 4 is 15.9 Å². The molecule has 0 aromatic carbocycles. The molecule has 3 saturated heterocycles. The van der Waals surface area contributed by atoms with Crippen LogP contribution in [0.25, 0.3) is 0 Å². The molecule has 3 rings (SSSR count). The Hall–Kier alpha value is -0.700. The number of rotatable bonds is 6. The van der Waals surface area contributed by atoms with E-state index < -0.39 is 10.0 Å². The fraction of sp³-hybridized carbons (Fsp3) is 0.938. The highest BCUT2D eigenvalue weighted by Gasteiger charge is 2.32. The molecule has 0 radical (unpaired) electrons. The van der Waals surface area contributed by atoms with Crippen LogP contribution in [0, 0.1) is 11.8 Å². The van der Waals surface area contributed by atoms with Gasteiger partial charge in [-0.05, 0) is 50.5 Å². The van der Waals surface area contributed by atoms with E-state index in [-0.39, 0.29) is 29.5 Å². The van der Waals surface area contributed by atoms with Crippen molar-refractivity contribution in [2.45, 2.75) is 38.1 Å². The summed E-state index contributed by atoms with van der Waals surface area (Å²) >= 11 is 0. The molecule has 3 atom stereocenters.